The van der Waals surface area contributed by atoms with Gasteiger partial charge in [0.1, 0.15) is 11.6 Å². The summed E-state index contributed by atoms with van der Waals surface area (Å²) in [7, 11) is 0. The third-order valence-corrected chi connectivity index (χ3v) is 3.57. The van der Waals surface area contributed by atoms with Crippen molar-refractivity contribution in [2.75, 3.05) is 0 Å². The van der Waals surface area contributed by atoms with Crippen LogP contribution >= 0.6 is 0 Å². The van der Waals surface area contributed by atoms with Gasteiger partial charge in [-0.05, 0) is 13.0 Å². The Kier molecular flexibility index (Phi) is 4.21. The lowest BCUT2D eigenvalue weighted by molar-refractivity contribution is 0.431. The fourth-order valence-electron chi connectivity index (χ4n) is 2.32. The third kappa shape index (κ3) is 3.02. The first-order valence-corrected chi connectivity index (χ1v) is 7.79. The average molecular weight is 351 g/mol. The van der Waals surface area contributed by atoms with Crippen LogP contribution in [0, 0.1) is 18.3 Å². The van der Waals surface area contributed by atoms with Crippen LogP contribution in [0.25, 0.3) is 5.95 Å². The molecule has 3 rings (SSSR count). The first-order chi connectivity index (χ1) is 12.3. The molecule has 0 aliphatic carbocycles. The summed E-state index contributed by atoms with van der Waals surface area (Å²) >= 11 is 0. The maximum absolute atomic E-state index is 10.4. The molecule has 10 heteroatoms. The molecule has 0 aliphatic heterocycles. The molecular weight excluding hydrogens is 334 g/mol. The predicted octanol–water partition coefficient (Wildman–Crippen LogP) is 2.98. The highest BCUT2D eigenvalue weighted by atomic mass is 16.3. The van der Waals surface area contributed by atoms with Crippen molar-refractivity contribution in [1.82, 2.24) is 29.9 Å². The molecule has 0 bridgehead atoms. The first kappa shape index (κ1) is 17.2. The number of aromatic hydroxyl groups is 1. The number of nitrogens with one attached hydrogen (secondary N) is 1. The smallest absolute Gasteiger partial charge is 0.253 e. The second-order valence-corrected chi connectivity index (χ2v) is 6.58. The number of H-pyrrole nitrogens is 1. The standard InChI is InChI=1S/C16H17N9O/c1-9-11(14(26)25(24-9)15-18-6-5-7-19-15)20-22-13-10(8-17)12(21-23-13)16(2,3)4/h5-7,26H,1-4H3,(H,21,23)/b22-20+. The van der Waals surface area contributed by atoms with Crippen molar-refractivity contribution >= 4 is 11.5 Å². The van der Waals surface area contributed by atoms with Crippen LogP contribution < -0.4 is 0 Å². The number of hydrogen-bond acceptors (Lipinski definition) is 8. The molecule has 0 aliphatic rings. The van der Waals surface area contributed by atoms with E-state index >= 15 is 0 Å². The number of nitrogens with zero attached hydrogens (tertiary/aromatic N) is 8. The van der Waals surface area contributed by atoms with Gasteiger partial charge in [0.05, 0.1) is 11.4 Å². The van der Waals surface area contributed by atoms with E-state index in [9.17, 15) is 10.4 Å². The Labute approximate surface area is 149 Å². The quantitative estimate of drug-likeness (QED) is 0.695. The second-order valence-electron chi connectivity index (χ2n) is 6.58. The molecule has 0 unspecified atom stereocenters. The van der Waals surface area contributed by atoms with Crippen LogP contribution in [0.1, 0.15) is 37.7 Å². The van der Waals surface area contributed by atoms with Gasteiger partial charge < -0.3 is 5.11 Å². The summed E-state index contributed by atoms with van der Waals surface area (Å²) in [6, 6.07) is 3.76. The van der Waals surface area contributed by atoms with Crippen LogP contribution in [-0.2, 0) is 5.41 Å². The fourth-order valence-corrected chi connectivity index (χ4v) is 2.32. The van der Waals surface area contributed by atoms with Gasteiger partial charge in [0.15, 0.2) is 11.5 Å². The molecule has 0 aromatic carbocycles. The maximum atomic E-state index is 10.4. The first-order valence-electron chi connectivity index (χ1n) is 7.79. The molecule has 0 spiro atoms. The second kappa shape index (κ2) is 6.36. The zero-order valence-corrected chi connectivity index (χ0v) is 14.8. The Bertz CT molecular complexity index is 1000. The number of aromatic nitrogens is 6. The highest BCUT2D eigenvalue weighted by Crippen LogP contribution is 2.34. The lowest BCUT2D eigenvalue weighted by Crippen LogP contribution is -2.13. The van der Waals surface area contributed by atoms with Crippen molar-refractivity contribution in [2.45, 2.75) is 33.1 Å². The van der Waals surface area contributed by atoms with Gasteiger partial charge in [-0.2, -0.15) is 20.1 Å². The van der Waals surface area contributed by atoms with E-state index in [0.29, 0.717) is 17.0 Å². The molecule has 3 aromatic heterocycles. The molecule has 26 heavy (non-hydrogen) atoms. The van der Waals surface area contributed by atoms with Crippen molar-refractivity contribution in [3.63, 3.8) is 0 Å². The van der Waals surface area contributed by atoms with Crippen molar-refractivity contribution in [2.24, 2.45) is 10.2 Å². The lowest BCUT2D eigenvalue weighted by Gasteiger charge is -2.14. The summed E-state index contributed by atoms with van der Waals surface area (Å²) in [5.74, 6) is 0.190. The molecule has 3 aromatic rings. The van der Waals surface area contributed by atoms with Crippen LogP contribution in [0.3, 0.4) is 0 Å². The van der Waals surface area contributed by atoms with Crippen LogP contribution in [0.4, 0.5) is 11.5 Å². The zero-order chi connectivity index (χ0) is 18.9. The third-order valence-electron chi connectivity index (χ3n) is 3.57. The number of nitriles is 1. The van der Waals surface area contributed by atoms with Gasteiger partial charge in [-0.1, -0.05) is 20.8 Å². The minimum Gasteiger partial charge on any atom is -0.492 e. The Morgan fingerprint density at radius 1 is 1.23 bits per heavy atom. The zero-order valence-electron chi connectivity index (χ0n) is 14.8. The molecule has 3 heterocycles. The molecule has 132 valence electrons. The Morgan fingerprint density at radius 2 is 1.92 bits per heavy atom. The monoisotopic (exact) mass is 351 g/mol. The van der Waals surface area contributed by atoms with Gasteiger partial charge in [0.2, 0.25) is 5.88 Å². The van der Waals surface area contributed by atoms with Crippen molar-refractivity contribution in [3.8, 4) is 17.9 Å². The maximum Gasteiger partial charge on any atom is 0.253 e. The van der Waals surface area contributed by atoms with Crippen molar-refractivity contribution < 1.29 is 5.11 Å². The van der Waals surface area contributed by atoms with E-state index in [1.807, 2.05) is 20.8 Å². The van der Waals surface area contributed by atoms with E-state index < -0.39 is 0 Å². The predicted molar refractivity (Wildman–Crippen MR) is 91.7 cm³/mol. The molecule has 0 saturated heterocycles. The van der Waals surface area contributed by atoms with Crippen LogP contribution in [0.5, 0.6) is 5.88 Å². The van der Waals surface area contributed by atoms with Crippen LogP contribution in [0.15, 0.2) is 28.7 Å². The molecule has 0 fully saturated rings. The molecule has 0 radical (unpaired) electrons. The highest BCUT2D eigenvalue weighted by molar-refractivity contribution is 5.55. The van der Waals surface area contributed by atoms with Gasteiger partial charge in [-0.25, -0.2) is 9.97 Å². The SMILES string of the molecule is Cc1nn(-c2ncccn2)c(O)c1/N=N/c1[nH]nc(C(C)(C)C)c1C#N. The Hall–Kier alpha value is -3.61. The summed E-state index contributed by atoms with van der Waals surface area (Å²) < 4.78 is 1.17. The molecule has 0 atom stereocenters. The highest BCUT2D eigenvalue weighted by Gasteiger charge is 2.25. The number of aryl methyl sites for hydroxylation is 1. The largest absolute Gasteiger partial charge is 0.492 e. The van der Waals surface area contributed by atoms with Gasteiger partial charge >= 0.3 is 0 Å². The van der Waals surface area contributed by atoms with Gasteiger partial charge in [-0.3, -0.25) is 5.10 Å². The summed E-state index contributed by atoms with van der Waals surface area (Å²) in [5, 5.41) is 38.9. The van der Waals surface area contributed by atoms with Crippen molar-refractivity contribution in [3.05, 3.63) is 35.4 Å². The molecule has 0 amide bonds. The van der Waals surface area contributed by atoms with E-state index in [0.717, 1.165) is 0 Å². The molecular formula is C16H17N9O. The molecule has 2 N–H and O–H groups in total. The van der Waals surface area contributed by atoms with Gasteiger partial charge in [0, 0.05) is 17.8 Å². The van der Waals surface area contributed by atoms with E-state index in [1.165, 1.54) is 17.1 Å². The summed E-state index contributed by atoms with van der Waals surface area (Å²) in [5.41, 5.74) is 1.20. The summed E-state index contributed by atoms with van der Waals surface area (Å²) in [6.07, 6.45) is 3.08. The van der Waals surface area contributed by atoms with Gasteiger partial charge in [-0.15, -0.1) is 10.2 Å². The normalized spacial score (nSPS) is 11.8. The van der Waals surface area contributed by atoms with Gasteiger partial charge in [0.25, 0.3) is 5.95 Å². The fraction of sp³-hybridized carbons (Fsp3) is 0.312. The van der Waals surface area contributed by atoms with E-state index in [1.54, 1.807) is 13.0 Å². The Morgan fingerprint density at radius 3 is 2.54 bits per heavy atom. The number of rotatable bonds is 3. The van der Waals surface area contributed by atoms with E-state index in [-0.39, 0.29) is 28.7 Å². The molecule has 10 nitrogen and oxygen atoms in total. The summed E-state index contributed by atoms with van der Waals surface area (Å²) in [6.45, 7) is 7.52. The summed E-state index contributed by atoms with van der Waals surface area (Å²) in [4.78, 5) is 8.08. The van der Waals surface area contributed by atoms with Crippen LogP contribution in [-0.4, -0.2) is 35.1 Å². The van der Waals surface area contributed by atoms with Crippen molar-refractivity contribution in [1.29, 1.82) is 5.26 Å². The minimum atomic E-state index is -0.317. The lowest BCUT2D eigenvalue weighted by atomic mass is 9.90. The number of aromatic amines is 1. The van der Waals surface area contributed by atoms with E-state index in [4.69, 9.17) is 0 Å². The molecule has 0 saturated carbocycles. The van der Waals surface area contributed by atoms with Crippen LogP contribution in [0.2, 0.25) is 0 Å². The number of hydrogen-bond donors (Lipinski definition) is 2. The van der Waals surface area contributed by atoms with E-state index in [2.05, 4.69) is 41.6 Å². The number of azo groups is 1. The Balaban J connectivity index is 2.00. The topological polar surface area (TPSA) is 141 Å². The minimum absolute atomic E-state index is 0.160. The average Bonchev–Trinajstić information content (AvgIpc) is 3.14.